The summed E-state index contributed by atoms with van der Waals surface area (Å²) in [6.45, 7) is 0. The van der Waals surface area contributed by atoms with Gasteiger partial charge in [-0.1, -0.05) is 84.9 Å². The molecule has 5 aromatic carbocycles. The van der Waals surface area contributed by atoms with Gasteiger partial charge in [0.2, 0.25) is 0 Å². The summed E-state index contributed by atoms with van der Waals surface area (Å²) >= 11 is 0. The zero-order chi connectivity index (χ0) is 23.0. The monoisotopic (exact) mass is 438 g/mol. The van der Waals surface area contributed by atoms with Gasteiger partial charge in [-0.2, -0.15) is 20.5 Å². The van der Waals surface area contributed by atoms with Gasteiger partial charge in [0.25, 0.3) is 0 Å². The van der Waals surface area contributed by atoms with Gasteiger partial charge in [0, 0.05) is 0 Å². The molecule has 0 spiro atoms. The summed E-state index contributed by atoms with van der Waals surface area (Å²) in [5.41, 5.74) is 7.93. The molecule has 5 aromatic rings. The fraction of sp³-hybridized carbons (Fsp3) is 0. The Morgan fingerprint density at radius 3 is 0.765 bits per heavy atom. The van der Waals surface area contributed by atoms with Crippen LogP contribution in [0.15, 0.2) is 154 Å². The van der Waals surface area contributed by atoms with E-state index in [0.29, 0.717) is 0 Å². The minimum atomic E-state index is 0.828. The van der Waals surface area contributed by atoms with Crippen LogP contribution < -0.4 is 0 Å². The lowest BCUT2D eigenvalue weighted by molar-refractivity contribution is 1.23. The third-order valence-electron chi connectivity index (χ3n) is 5.36. The zero-order valence-corrected chi connectivity index (χ0v) is 18.5. The average molecular weight is 439 g/mol. The highest BCUT2D eigenvalue weighted by Gasteiger charge is 2.02. The molecule has 162 valence electrons. The van der Waals surface area contributed by atoms with E-state index >= 15 is 0 Å². The second kappa shape index (κ2) is 10.3. The van der Waals surface area contributed by atoms with E-state index in [-0.39, 0.29) is 0 Å². The summed E-state index contributed by atoms with van der Waals surface area (Å²) in [5, 5.41) is 17.2. The molecular weight excluding hydrogens is 416 g/mol. The lowest BCUT2D eigenvalue weighted by Gasteiger charge is -2.06. The van der Waals surface area contributed by atoms with Crippen molar-refractivity contribution < 1.29 is 0 Å². The molecule has 4 heteroatoms. The first-order chi connectivity index (χ1) is 16.8. The molecule has 0 bridgehead atoms. The van der Waals surface area contributed by atoms with Gasteiger partial charge in [0.15, 0.2) is 0 Å². The van der Waals surface area contributed by atoms with Crippen molar-refractivity contribution in [1.29, 1.82) is 0 Å². The average Bonchev–Trinajstić information content (AvgIpc) is 2.93. The van der Waals surface area contributed by atoms with Gasteiger partial charge in [0.05, 0.1) is 22.7 Å². The second-order valence-electron chi connectivity index (χ2n) is 7.74. The fourth-order valence-corrected chi connectivity index (χ4v) is 3.52. The zero-order valence-electron chi connectivity index (χ0n) is 18.5. The summed E-state index contributed by atoms with van der Waals surface area (Å²) in [5.74, 6) is 0. The van der Waals surface area contributed by atoms with Gasteiger partial charge in [-0.05, 0) is 70.8 Å². The maximum Gasteiger partial charge on any atom is 0.0857 e. The minimum absolute atomic E-state index is 0.828. The molecule has 0 N–H and O–H groups in total. The topological polar surface area (TPSA) is 49.4 Å². The summed E-state index contributed by atoms with van der Waals surface area (Å²) in [6.07, 6.45) is 0. The molecule has 0 heterocycles. The predicted octanol–water partition coefficient (Wildman–Crippen LogP) is 9.85. The van der Waals surface area contributed by atoms with Crippen LogP contribution in [-0.2, 0) is 0 Å². The van der Waals surface area contributed by atoms with Gasteiger partial charge in [-0.15, -0.1) is 0 Å². The quantitative estimate of drug-likeness (QED) is 0.237. The Kier molecular flexibility index (Phi) is 6.40. The molecule has 0 amide bonds. The molecule has 0 fully saturated rings. The van der Waals surface area contributed by atoms with Crippen molar-refractivity contribution in [2.24, 2.45) is 20.5 Å². The third kappa shape index (κ3) is 5.37. The summed E-state index contributed by atoms with van der Waals surface area (Å²) < 4.78 is 0. The molecule has 4 nitrogen and oxygen atoms in total. The Morgan fingerprint density at radius 1 is 0.235 bits per heavy atom. The Hall–Kier alpha value is -4.70. The molecule has 0 saturated heterocycles. The highest BCUT2D eigenvalue weighted by Crippen LogP contribution is 2.28. The van der Waals surface area contributed by atoms with Crippen LogP contribution in [0.25, 0.3) is 22.3 Å². The molecule has 0 unspecified atom stereocenters. The van der Waals surface area contributed by atoms with Crippen LogP contribution in [0.2, 0.25) is 0 Å². The van der Waals surface area contributed by atoms with Crippen LogP contribution >= 0.6 is 0 Å². The van der Waals surface area contributed by atoms with E-state index in [0.717, 1.165) is 45.0 Å². The largest absolute Gasteiger partial charge is 0.151 e. The normalized spacial score (nSPS) is 11.3. The number of azo groups is 2. The molecule has 0 aromatic heterocycles. The predicted molar refractivity (Wildman–Crippen MR) is 139 cm³/mol. The lowest BCUT2D eigenvalue weighted by atomic mass is 10.00. The highest BCUT2D eigenvalue weighted by molar-refractivity contribution is 5.71. The smallest absolute Gasteiger partial charge is 0.0857 e. The van der Waals surface area contributed by atoms with E-state index in [1.54, 1.807) is 0 Å². The summed E-state index contributed by atoms with van der Waals surface area (Å²) in [4.78, 5) is 0. The molecular formula is C30H22N4. The Morgan fingerprint density at radius 2 is 0.471 bits per heavy atom. The SMILES string of the molecule is c1ccc(/N=N/c2ccc(-c3ccc(-c4ccc(/N=N/c5ccccc5)cc4)cc3)cc2)cc1. The summed E-state index contributed by atoms with van der Waals surface area (Å²) in [6, 6.07) is 44.2. The Labute approximate surface area is 199 Å². The first-order valence-corrected chi connectivity index (χ1v) is 11.1. The van der Waals surface area contributed by atoms with Gasteiger partial charge < -0.3 is 0 Å². The van der Waals surface area contributed by atoms with Gasteiger partial charge in [-0.25, -0.2) is 0 Å². The van der Waals surface area contributed by atoms with E-state index in [1.165, 1.54) is 0 Å². The maximum absolute atomic E-state index is 4.31. The van der Waals surface area contributed by atoms with Crippen LogP contribution in [0.3, 0.4) is 0 Å². The first-order valence-electron chi connectivity index (χ1n) is 11.1. The van der Waals surface area contributed by atoms with E-state index in [4.69, 9.17) is 0 Å². The van der Waals surface area contributed by atoms with Crippen molar-refractivity contribution in [2.45, 2.75) is 0 Å². The Bertz CT molecular complexity index is 1280. The first kappa shape index (κ1) is 21.2. The molecule has 0 atom stereocenters. The van der Waals surface area contributed by atoms with Crippen molar-refractivity contribution in [3.05, 3.63) is 133 Å². The fourth-order valence-electron chi connectivity index (χ4n) is 3.52. The number of rotatable bonds is 6. The number of hydrogen-bond donors (Lipinski definition) is 0. The van der Waals surface area contributed by atoms with E-state index < -0.39 is 0 Å². The van der Waals surface area contributed by atoms with Crippen molar-refractivity contribution >= 4 is 22.7 Å². The number of hydrogen-bond acceptors (Lipinski definition) is 4. The second-order valence-corrected chi connectivity index (χ2v) is 7.74. The molecule has 5 rings (SSSR count). The summed E-state index contributed by atoms with van der Waals surface area (Å²) in [7, 11) is 0. The van der Waals surface area contributed by atoms with Gasteiger partial charge in [0.1, 0.15) is 0 Å². The van der Waals surface area contributed by atoms with Gasteiger partial charge >= 0.3 is 0 Å². The Balaban J connectivity index is 1.25. The van der Waals surface area contributed by atoms with Gasteiger partial charge in [-0.3, -0.25) is 0 Å². The standard InChI is InChI=1S/C30H22N4/c1-3-7-27(8-4-1)31-33-29-19-15-25(16-20-29)23-11-13-24(14-12-23)26-17-21-30(22-18-26)34-32-28-9-5-2-6-10-28/h1-22H/b33-31+,34-32+. The van der Waals surface area contributed by atoms with Crippen molar-refractivity contribution in [1.82, 2.24) is 0 Å². The molecule has 0 aliphatic carbocycles. The molecule has 0 aliphatic heterocycles. The van der Waals surface area contributed by atoms with Crippen LogP contribution in [0.4, 0.5) is 22.7 Å². The van der Waals surface area contributed by atoms with Crippen molar-refractivity contribution in [3.8, 4) is 22.3 Å². The highest BCUT2D eigenvalue weighted by atomic mass is 15.1. The van der Waals surface area contributed by atoms with Crippen LogP contribution in [0.1, 0.15) is 0 Å². The number of benzene rings is 5. The maximum atomic E-state index is 4.31. The van der Waals surface area contributed by atoms with Crippen LogP contribution in [-0.4, -0.2) is 0 Å². The third-order valence-corrected chi connectivity index (χ3v) is 5.36. The molecule has 0 saturated carbocycles. The van der Waals surface area contributed by atoms with E-state index in [2.05, 4.69) is 69.0 Å². The molecule has 0 aliphatic rings. The van der Waals surface area contributed by atoms with Crippen molar-refractivity contribution in [2.75, 3.05) is 0 Å². The minimum Gasteiger partial charge on any atom is -0.151 e. The lowest BCUT2D eigenvalue weighted by Crippen LogP contribution is -1.80. The van der Waals surface area contributed by atoms with Crippen LogP contribution in [0, 0.1) is 0 Å². The molecule has 34 heavy (non-hydrogen) atoms. The van der Waals surface area contributed by atoms with Crippen molar-refractivity contribution in [3.63, 3.8) is 0 Å². The van der Waals surface area contributed by atoms with E-state index in [9.17, 15) is 0 Å². The van der Waals surface area contributed by atoms with E-state index in [1.807, 2.05) is 84.9 Å². The number of nitrogens with zero attached hydrogens (tertiary/aromatic N) is 4. The molecule has 0 radical (unpaired) electrons. The van der Waals surface area contributed by atoms with Crippen LogP contribution in [0.5, 0.6) is 0 Å².